The number of nitrogens with two attached hydrogens (primary N) is 1. The van der Waals surface area contributed by atoms with Crippen molar-refractivity contribution in [2.75, 3.05) is 5.32 Å². The van der Waals surface area contributed by atoms with Crippen LogP contribution in [0.3, 0.4) is 0 Å². The molecule has 0 aliphatic rings. The number of rotatable bonds is 3. The molecule has 1 aromatic carbocycles. The van der Waals surface area contributed by atoms with Gasteiger partial charge in [-0.25, -0.2) is 4.52 Å². The maximum atomic E-state index is 12.4. The van der Waals surface area contributed by atoms with E-state index in [1.54, 1.807) is 23.1 Å². The van der Waals surface area contributed by atoms with Gasteiger partial charge in [0.05, 0.1) is 23.5 Å². The smallest absolute Gasteiger partial charge is 0.259 e. The van der Waals surface area contributed by atoms with Crippen LogP contribution >= 0.6 is 0 Å². The molecule has 2 heterocycles. The van der Waals surface area contributed by atoms with E-state index in [1.165, 1.54) is 6.20 Å². The van der Waals surface area contributed by atoms with Crippen molar-refractivity contribution in [3.05, 3.63) is 60.2 Å². The average molecular weight is 281 g/mol. The Hall–Kier alpha value is -2.73. The van der Waals surface area contributed by atoms with E-state index >= 15 is 0 Å². The lowest BCUT2D eigenvalue weighted by Gasteiger charge is -2.13. The molecule has 1 atom stereocenters. The van der Waals surface area contributed by atoms with Crippen LogP contribution in [-0.2, 0) is 0 Å². The van der Waals surface area contributed by atoms with Gasteiger partial charge in [-0.05, 0) is 18.6 Å². The van der Waals surface area contributed by atoms with Gasteiger partial charge in [0, 0.05) is 24.1 Å². The van der Waals surface area contributed by atoms with E-state index in [-0.39, 0.29) is 11.9 Å². The Kier molecular flexibility index (Phi) is 3.37. The second kappa shape index (κ2) is 5.34. The summed E-state index contributed by atoms with van der Waals surface area (Å²) in [4.78, 5) is 16.5. The maximum absolute atomic E-state index is 12.4. The molecule has 21 heavy (non-hydrogen) atoms. The summed E-state index contributed by atoms with van der Waals surface area (Å²) in [5, 5.41) is 7.02. The lowest BCUT2D eigenvalue weighted by molar-refractivity contribution is 0.102. The van der Waals surface area contributed by atoms with Crippen molar-refractivity contribution in [3.63, 3.8) is 0 Å². The first-order valence-corrected chi connectivity index (χ1v) is 6.60. The Balaban J connectivity index is 1.94. The van der Waals surface area contributed by atoms with E-state index in [0.29, 0.717) is 16.8 Å². The number of fused-ring (bicyclic) bond motifs is 1. The van der Waals surface area contributed by atoms with Crippen LogP contribution < -0.4 is 11.1 Å². The minimum atomic E-state index is -0.230. The van der Waals surface area contributed by atoms with Crippen LogP contribution in [0.15, 0.2) is 49.1 Å². The highest BCUT2D eigenvalue weighted by atomic mass is 16.1. The number of aromatic nitrogens is 3. The summed E-state index contributed by atoms with van der Waals surface area (Å²) in [6.07, 6.45) is 6.45. The van der Waals surface area contributed by atoms with Gasteiger partial charge in [0.1, 0.15) is 0 Å². The molecular formula is C15H15N5O. The number of hydrogen-bond acceptors (Lipinski definition) is 4. The zero-order chi connectivity index (χ0) is 14.8. The molecule has 0 saturated heterocycles. The molecule has 0 saturated carbocycles. The van der Waals surface area contributed by atoms with Crippen LogP contribution in [0.25, 0.3) is 5.52 Å². The average Bonchev–Trinajstić information content (AvgIpc) is 2.91. The van der Waals surface area contributed by atoms with Crippen molar-refractivity contribution in [1.29, 1.82) is 0 Å². The van der Waals surface area contributed by atoms with Gasteiger partial charge < -0.3 is 11.1 Å². The molecule has 0 aliphatic heterocycles. The number of hydrogen-bond donors (Lipinski definition) is 2. The molecule has 0 radical (unpaired) electrons. The molecule has 0 bridgehead atoms. The lowest BCUT2D eigenvalue weighted by atomic mass is 10.1. The second-order valence-corrected chi connectivity index (χ2v) is 4.79. The minimum Gasteiger partial charge on any atom is -0.324 e. The predicted molar refractivity (Wildman–Crippen MR) is 80.0 cm³/mol. The summed E-state index contributed by atoms with van der Waals surface area (Å²) >= 11 is 0. The van der Waals surface area contributed by atoms with Crippen LogP contribution in [0.4, 0.5) is 5.69 Å². The summed E-state index contributed by atoms with van der Waals surface area (Å²) in [6.45, 7) is 1.88. The first-order valence-electron chi connectivity index (χ1n) is 6.60. The topological polar surface area (TPSA) is 85.3 Å². The first-order chi connectivity index (χ1) is 10.2. The number of anilines is 1. The Labute approximate surface area is 121 Å². The Morgan fingerprint density at radius 3 is 2.95 bits per heavy atom. The number of benzene rings is 1. The van der Waals surface area contributed by atoms with Crippen molar-refractivity contribution in [2.24, 2.45) is 5.73 Å². The van der Waals surface area contributed by atoms with Crippen molar-refractivity contribution < 1.29 is 4.79 Å². The number of carbonyl (C=O) groups is 1. The third-order valence-corrected chi connectivity index (χ3v) is 3.27. The fourth-order valence-corrected chi connectivity index (χ4v) is 2.21. The molecule has 1 amide bonds. The third-order valence-electron chi connectivity index (χ3n) is 3.27. The van der Waals surface area contributed by atoms with Gasteiger partial charge in [-0.1, -0.05) is 18.2 Å². The molecular weight excluding hydrogens is 266 g/mol. The van der Waals surface area contributed by atoms with Crippen molar-refractivity contribution in [2.45, 2.75) is 13.0 Å². The van der Waals surface area contributed by atoms with Crippen molar-refractivity contribution >= 4 is 17.1 Å². The van der Waals surface area contributed by atoms with Crippen molar-refractivity contribution in [1.82, 2.24) is 14.6 Å². The number of amides is 1. The van der Waals surface area contributed by atoms with E-state index in [1.807, 2.05) is 31.2 Å². The summed E-state index contributed by atoms with van der Waals surface area (Å²) in [7, 11) is 0. The van der Waals surface area contributed by atoms with E-state index in [0.717, 1.165) is 5.56 Å². The zero-order valence-corrected chi connectivity index (χ0v) is 11.5. The summed E-state index contributed by atoms with van der Waals surface area (Å²) in [6, 6.07) is 7.33. The fourth-order valence-electron chi connectivity index (χ4n) is 2.21. The van der Waals surface area contributed by atoms with E-state index in [2.05, 4.69) is 15.4 Å². The van der Waals surface area contributed by atoms with Crippen LogP contribution in [0, 0.1) is 0 Å². The van der Waals surface area contributed by atoms with Crippen LogP contribution in [0.2, 0.25) is 0 Å². The molecule has 2 aromatic heterocycles. The van der Waals surface area contributed by atoms with E-state index in [9.17, 15) is 4.79 Å². The number of para-hydroxylation sites is 1. The first kappa shape index (κ1) is 13.3. The lowest BCUT2D eigenvalue weighted by Crippen LogP contribution is -2.15. The van der Waals surface area contributed by atoms with Crippen molar-refractivity contribution in [3.8, 4) is 0 Å². The van der Waals surface area contributed by atoms with E-state index in [4.69, 9.17) is 5.73 Å². The normalized spacial score (nSPS) is 12.3. The van der Waals surface area contributed by atoms with Crippen LogP contribution in [-0.4, -0.2) is 20.5 Å². The van der Waals surface area contributed by atoms with Crippen LogP contribution in [0.1, 0.15) is 28.9 Å². The minimum absolute atomic E-state index is 0.160. The Morgan fingerprint density at radius 1 is 1.33 bits per heavy atom. The molecule has 0 fully saturated rings. The number of nitrogens with zero attached hydrogens (tertiary/aromatic N) is 3. The SMILES string of the molecule is CC(N)c1ccccc1NC(=O)c1cnn2ccncc12. The van der Waals surface area contributed by atoms with Gasteiger partial charge in [0.15, 0.2) is 0 Å². The maximum Gasteiger partial charge on any atom is 0.259 e. The molecule has 6 nitrogen and oxygen atoms in total. The largest absolute Gasteiger partial charge is 0.324 e. The molecule has 1 unspecified atom stereocenters. The summed E-state index contributed by atoms with van der Waals surface area (Å²) in [5.41, 5.74) is 8.66. The van der Waals surface area contributed by atoms with Gasteiger partial charge >= 0.3 is 0 Å². The standard InChI is InChI=1S/C15H15N5O/c1-10(16)11-4-2-3-5-13(11)19-15(21)12-8-18-20-7-6-17-9-14(12)20/h2-10H,16H2,1H3,(H,19,21). The molecule has 0 spiro atoms. The van der Waals surface area contributed by atoms with Gasteiger partial charge in [-0.15, -0.1) is 0 Å². The number of carbonyl (C=O) groups excluding carboxylic acids is 1. The summed E-state index contributed by atoms with van der Waals surface area (Å²) < 4.78 is 1.61. The van der Waals surface area contributed by atoms with Gasteiger partial charge in [-0.2, -0.15) is 5.10 Å². The molecule has 106 valence electrons. The molecule has 6 heteroatoms. The molecule has 3 rings (SSSR count). The zero-order valence-electron chi connectivity index (χ0n) is 11.5. The van der Waals surface area contributed by atoms with E-state index < -0.39 is 0 Å². The highest BCUT2D eigenvalue weighted by Crippen LogP contribution is 2.22. The Morgan fingerprint density at radius 2 is 2.14 bits per heavy atom. The van der Waals surface area contributed by atoms with Crippen LogP contribution in [0.5, 0.6) is 0 Å². The second-order valence-electron chi connectivity index (χ2n) is 4.79. The molecule has 3 N–H and O–H groups in total. The summed E-state index contributed by atoms with van der Waals surface area (Å²) in [5.74, 6) is -0.230. The van der Waals surface area contributed by atoms with Gasteiger partial charge in [-0.3, -0.25) is 9.78 Å². The highest BCUT2D eigenvalue weighted by Gasteiger charge is 2.15. The van der Waals surface area contributed by atoms with Gasteiger partial charge in [0.25, 0.3) is 5.91 Å². The fraction of sp³-hybridized carbons (Fsp3) is 0.133. The monoisotopic (exact) mass is 281 g/mol. The number of nitrogens with one attached hydrogen (secondary N) is 1. The molecule has 0 aliphatic carbocycles. The predicted octanol–water partition coefficient (Wildman–Crippen LogP) is 2.00. The quantitative estimate of drug-likeness (QED) is 0.769. The third kappa shape index (κ3) is 2.48. The molecule has 3 aromatic rings. The Bertz CT molecular complexity index is 793. The van der Waals surface area contributed by atoms with Gasteiger partial charge in [0.2, 0.25) is 0 Å². The highest BCUT2D eigenvalue weighted by molar-refractivity contribution is 6.09.